The van der Waals surface area contributed by atoms with Crippen molar-refractivity contribution in [2.24, 2.45) is 0 Å². The SMILES string of the molecule is CC(=O)N[C@@H]1[C@H](O[C@H]2[C@@H](O)[C@@H](CO[C@@H]3O[C@H](CO)[C@@H](O[C@@H]4O[C@H](CO)[C@H](O)[C@H](O)[C@H]4O)[C@H](O[C@@H]4O[C@@H](C)[C@@H](O)[C@@H](O)[C@@H]4O)[C@H]3NC(C)=O)O[C@@H](O[C@H]3[C@H](O)[C@@H](O)C(O)O[C@@H]3CO)[C@@H]2O)O[C@H](CO)[C@@H](O[C@@H]2O[C@H](CO[C@]3(C(=O)O)C[C@H](O)[C@@H](NC(C)=O)[C@H]([C@H](O)[C@H](O)CO)O3)[C@H](O)[C@H](O)[C@H]2O)[C@@H]1O. The van der Waals surface area contributed by atoms with Crippen LogP contribution in [0.2, 0.25) is 0 Å². The number of hydrogen-bond donors (Lipinski definition) is 27. The first-order valence-electron chi connectivity index (χ1n) is 32.6. The van der Waals surface area contributed by atoms with Crippen LogP contribution in [0.25, 0.3) is 0 Å². The third-order valence-electron chi connectivity index (χ3n) is 18.8. The van der Waals surface area contributed by atoms with Crippen molar-refractivity contribution in [3.05, 3.63) is 0 Å². The van der Waals surface area contributed by atoms with Crippen molar-refractivity contribution < 1.29 is 213 Å². The topological polar surface area (TPSA) is 728 Å². The third kappa shape index (κ3) is 18.6. The summed E-state index contributed by atoms with van der Waals surface area (Å²) in [6, 6.07) is -5.53. The number of nitrogens with one attached hydrogen (secondary N) is 3. The molecule has 0 aromatic heterocycles. The second-order valence-corrected chi connectivity index (χ2v) is 26.1. The molecule has 103 heavy (non-hydrogen) atoms. The number of carbonyl (C=O) groups excluding carboxylic acids is 3. The fraction of sp³-hybridized carbons (Fsp3) is 0.930. The maximum Gasteiger partial charge on any atom is 0.364 e. The normalized spacial score (nSPS) is 48.3. The molecule has 596 valence electrons. The predicted molar refractivity (Wildman–Crippen MR) is 315 cm³/mol. The molecule has 0 aliphatic carbocycles. The van der Waals surface area contributed by atoms with Gasteiger partial charge in [-0.05, 0) is 6.92 Å². The van der Waals surface area contributed by atoms with Gasteiger partial charge in [-0.25, -0.2) is 4.79 Å². The molecule has 0 radical (unpaired) electrons. The van der Waals surface area contributed by atoms with Gasteiger partial charge in [-0.2, -0.15) is 0 Å². The van der Waals surface area contributed by atoms with Gasteiger partial charge in [-0.15, -0.1) is 0 Å². The smallest absolute Gasteiger partial charge is 0.364 e. The zero-order valence-corrected chi connectivity index (χ0v) is 55.2. The molecule has 0 bridgehead atoms. The van der Waals surface area contributed by atoms with Crippen molar-refractivity contribution in [3.63, 3.8) is 0 Å². The predicted octanol–water partition coefficient (Wildman–Crippen LogP) is -17.8. The highest BCUT2D eigenvalue weighted by Crippen LogP contribution is 2.40. The minimum Gasteiger partial charge on any atom is -0.477 e. The van der Waals surface area contributed by atoms with Crippen LogP contribution in [0.15, 0.2) is 0 Å². The molecule has 0 aromatic rings. The molecule has 3 amide bonds. The van der Waals surface area contributed by atoms with E-state index in [1.54, 1.807) is 0 Å². The van der Waals surface area contributed by atoms with E-state index in [1.165, 1.54) is 6.92 Å². The van der Waals surface area contributed by atoms with E-state index < -0.39 is 327 Å². The molecule has 8 fully saturated rings. The molecule has 46 heteroatoms. The summed E-state index contributed by atoms with van der Waals surface area (Å²) < 4.78 is 87.8. The van der Waals surface area contributed by atoms with Crippen LogP contribution < -0.4 is 16.0 Å². The Kier molecular flexibility index (Phi) is 29.9. The van der Waals surface area contributed by atoms with E-state index in [0.29, 0.717) is 0 Å². The lowest BCUT2D eigenvalue weighted by Gasteiger charge is -2.51. The van der Waals surface area contributed by atoms with Crippen molar-refractivity contribution in [2.45, 2.75) is 285 Å². The van der Waals surface area contributed by atoms with Gasteiger partial charge in [0, 0.05) is 27.2 Å². The number of amides is 3. The van der Waals surface area contributed by atoms with E-state index in [1.807, 2.05) is 0 Å². The summed E-state index contributed by atoms with van der Waals surface area (Å²) in [6.07, 6.45) is -77.4. The Morgan fingerprint density at radius 1 is 0.417 bits per heavy atom. The molecular formula is C57H95N3O43. The molecule has 0 spiro atoms. The van der Waals surface area contributed by atoms with E-state index >= 15 is 0 Å². The summed E-state index contributed by atoms with van der Waals surface area (Å²) in [4.78, 5) is 51.3. The number of carboxylic acids is 1. The summed E-state index contributed by atoms with van der Waals surface area (Å²) in [6.45, 7) is -3.70. The Balaban J connectivity index is 1.08. The van der Waals surface area contributed by atoms with Gasteiger partial charge in [0.2, 0.25) is 17.7 Å². The Labute approximate surface area is 582 Å². The Morgan fingerprint density at radius 3 is 1.39 bits per heavy atom. The first kappa shape index (κ1) is 85.0. The van der Waals surface area contributed by atoms with Crippen molar-refractivity contribution in [1.29, 1.82) is 0 Å². The summed E-state index contributed by atoms with van der Waals surface area (Å²) in [5.74, 6) is -7.83. The fourth-order valence-electron chi connectivity index (χ4n) is 13.1. The minimum absolute atomic E-state index is 0.824. The molecule has 8 rings (SSSR count). The van der Waals surface area contributed by atoms with Crippen LogP contribution in [0.4, 0.5) is 0 Å². The molecule has 27 N–H and O–H groups in total. The van der Waals surface area contributed by atoms with Gasteiger partial charge in [0.15, 0.2) is 44.0 Å². The number of aliphatic hydroxyl groups is 23. The van der Waals surface area contributed by atoms with E-state index in [4.69, 9.17) is 71.1 Å². The molecule has 0 aromatic carbocycles. The van der Waals surface area contributed by atoms with Crippen LogP contribution in [-0.4, -0.2) is 444 Å². The first-order chi connectivity index (χ1) is 48.5. The lowest BCUT2D eigenvalue weighted by Crippen LogP contribution is -2.70. The molecular weight excluding hydrogens is 1410 g/mol. The maximum atomic E-state index is 13.2. The van der Waals surface area contributed by atoms with Gasteiger partial charge >= 0.3 is 5.97 Å². The van der Waals surface area contributed by atoms with Gasteiger partial charge in [0.25, 0.3) is 5.79 Å². The second kappa shape index (κ2) is 36.3. The highest BCUT2D eigenvalue weighted by molar-refractivity contribution is 5.77. The van der Waals surface area contributed by atoms with E-state index in [2.05, 4.69) is 16.0 Å². The van der Waals surface area contributed by atoms with Gasteiger partial charge in [-0.1, -0.05) is 0 Å². The van der Waals surface area contributed by atoms with Crippen molar-refractivity contribution >= 4 is 23.7 Å². The molecule has 1 unspecified atom stereocenters. The van der Waals surface area contributed by atoms with E-state index in [0.717, 1.165) is 20.8 Å². The Bertz CT molecular complexity index is 2720. The summed E-state index contributed by atoms with van der Waals surface area (Å²) in [5.41, 5.74) is 0. The largest absolute Gasteiger partial charge is 0.477 e. The number of aliphatic carboxylic acids is 1. The second-order valence-electron chi connectivity index (χ2n) is 26.1. The van der Waals surface area contributed by atoms with Crippen LogP contribution in [0, 0.1) is 0 Å². The van der Waals surface area contributed by atoms with Crippen molar-refractivity contribution in [1.82, 2.24) is 16.0 Å². The highest BCUT2D eigenvalue weighted by Gasteiger charge is 2.61. The van der Waals surface area contributed by atoms with Crippen LogP contribution in [-0.2, 0) is 90.2 Å². The number of hydrogen-bond acceptors (Lipinski definition) is 42. The standard InChI is InChI=1S/C57H95N3O43/c1-13-28(71)34(77)39(82)52(91-13)101-47-27(60-16(4)68)50(94-22(10-65)45(47)100-53-40(83)35(78)30(73)19(7-62)93-53)89-11-23-32(75)48(42(85)55(96-23)99-44-20(8-63)92-49(86)38(81)37(44)80)102-51-26(59-15(3)67)33(76)43(21(9-64)95-51)98-54-41(84)36(79)31(74)24(97-54)12-90-57(56(87)88)5-17(69)25(58-14(2)66)46(103-57)29(72)18(70)6-61/h13,17-55,61-65,69-86H,5-12H2,1-4H3,(H,58,66)(H,59,67)(H,60,68)(H,87,88)/t13-,17-,18+,19+,20+,21+,22+,23+,24+,25+,26-,27+,28+,29+,30-,31-,32-,33+,34+,35-,36-,37+,38+,39-,40+,41+,42+,43+,44+,45+,46+,47+,48-,49?,50+,51-,52-,53-,54-,55-,57+/m0/s1. The summed E-state index contributed by atoms with van der Waals surface area (Å²) >= 11 is 0. The average Bonchev–Trinajstić information content (AvgIpc) is 0.774. The molecule has 8 aliphatic rings. The van der Waals surface area contributed by atoms with Crippen molar-refractivity contribution in [2.75, 3.05) is 46.2 Å². The average molecular weight is 1510 g/mol. The number of aliphatic hydroxyl groups excluding tert-OH is 23. The van der Waals surface area contributed by atoms with Crippen LogP contribution in [0.1, 0.15) is 34.1 Å². The lowest BCUT2D eigenvalue weighted by atomic mass is 9.88. The first-order valence-corrected chi connectivity index (χ1v) is 32.6. The van der Waals surface area contributed by atoms with Gasteiger partial charge in [0.1, 0.15) is 183 Å². The molecule has 8 heterocycles. The monoisotopic (exact) mass is 1510 g/mol. The highest BCUT2D eigenvalue weighted by atomic mass is 16.8. The van der Waals surface area contributed by atoms with Crippen LogP contribution >= 0.6 is 0 Å². The number of rotatable bonds is 27. The zero-order valence-electron chi connectivity index (χ0n) is 55.2. The molecule has 0 saturated carbocycles. The Hall–Kier alpha value is -3.64. The minimum atomic E-state index is -3.06. The molecule has 41 atom stereocenters. The molecule has 8 aliphatic heterocycles. The zero-order chi connectivity index (χ0) is 76.3. The lowest BCUT2D eigenvalue weighted by molar-refractivity contribution is -0.388. The summed E-state index contributed by atoms with van der Waals surface area (Å²) in [5, 5.41) is 269. The van der Waals surface area contributed by atoms with Gasteiger partial charge in [0.05, 0.1) is 64.5 Å². The maximum absolute atomic E-state index is 13.2. The molecule has 8 saturated heterocycles. The van der Waals surface area contributed by atoms with Crippen LogP contribution in [0.5, 0.6) is 0 Å². The fourth-order valence-corrected chi connectivity index (χ4v) is 13.1. The van der Waals surface area contributed by atoms with E-state index in [-0.39, 0.29) is 0 Å². The number of ether oxygens (including phenoxy) is 15. The number of carboxylic acid groups (broad SMARTS) is 1. The molecule has 46 nitrogen and oxygen atoms in total. The van der Waals surface area contributed by atoms with Crippen LogP contribution in [0.3, 0.4) is 0 Å². The number of carbonyl (C=O) groups is 4. The Morgan fingerprint density at radius 2 is 0.845 bits per heavy atom. The van der Waals surface area contributed by atoms with Gasteiger partial charge in [-0.3, -0.25) is 14.4 Å². The summed E-state index contributed by atoms with van der Waals surface area (Å²) in [7, 11) is 0. The van der Waals surface area contributed by atoms with Gasteiger partial charge < -0.3 is 210 Å². The quantitative estimate of drug-likeness (QED) is 0.0363. The van der Waals surface area contributed by atoms with Crippen molar-refractivity contribution in [3.8, 4) is 0 Å². The van der Waals surface area contributed by atoms with E-state index in [9.17, 15) is 142 Å². The third-order valence-corrected chi connectivity index (χ3v) is 18.8.